The Hall–Kier alpha value is -2.43. The first kappa shape index (κ1) is 18.0. The Morgan fingerprint density at radius 3 is 2.78 bits per heavy atom. The van der Waals surface area contributed by atoms with Gasteiger partial charge in [0.15, 0.2) is 0 Å². The molecule has 1 aromatic heterocycles. The lowest BCUT2D eigenvalue weighted by Crippen LogP contribution is -2.20. The van der Waals surface area contributed by atoms with Gasteiger partial charge < -0.3 is 9.47 Å². The minimum absolute atomic E-state index is 0.235. The fourth-order valence-corrected chi connectivity index (χ4v) is 3.68. The minimum Gasteiger partial charge on any atom is -0.491 e. The van der Waals surface area contributed by atoms with Crippen molar-refractivity contribution in [1.29, 1.82) is 0 Å². The first-order valence-electron chi connectivity index (χ1n) is 9.63. The molecule has 2 heterocycles. The third-order valence-electron chi connectivity index (χ3n) is 5.04. The zero-order valence-electron chi connectivity index (χ0n) is 15.8. The first-order valence-corrected chi connectivity index (χ1v) is 9.63. The van der Waals surface area contributed by atoms with Crippen LogP contribution in [0, 0.1) is 0 Å². The molecule has 0 unspecified atom stereocenters. The van der Waals surface area contributed by atoms with Crippen LogP contribution in [0.5, 0.6) is 5.75 Å². The van der Waals surface area contributed by atoms with Gasteiger partial charge in [0.25, 0.3) is 0 Å². The van der Waals surface area contributed by atoms with Crippen molar-refractivity contribution in [1.82, 2.24) is 9.88 Å². The van der Waals surface area contributed by atoms with Gasteiger partial charge in [0.1, 0.15) is 12.4 Å². The first-order chi connectivity index (χ1) is 13.3. The summed E-state index contributed by atoms with van der Waals surface area (Å²) in [6, 6.07) is 18.8. The Kier molecular flexibility index (Phi) is 5.66. The molecule has 0 saturated carbocycles. The van der Waals surface area contributed by atoms with E-state index in [0.717, 1.165) is 43.8 Å². The van der Waals surface area contributed by atoms with E-state index in [4.69, 9.17) is 9.47 Å². The number of hydrogen-bond acceptors (Lipinski definition) is 4. The lowest BCUT2D eigenvalue weighted by Gasteiger charge is -2.20. The number of para-hydroxylation sites is 1. The molecule has 140 valence electrons. The second kappa shape index (κ2) is 8.51. The monoisotopic (exact) mass is 362 g/mol. The second-order valence-corrected chi connectivity index (χ2v) is 7.21. The number of fused-ring (bicyclic) bond motifs is 1. The molecule has 0 aliphatic carbocycles. The molecule has 1 atom stereocenters. The molecule has 1 saturated heterocycles. The van der Waals surface area contributed by atoms with E-state index in [1.54, 1.807) is 0 Å². The van der Waals surface area contributed by atoms with Crippen molar-refractivity contribution >= 4 is 10.9 Å². The van der Waals surface area contributed by atoms with Crippen molar-refractivity contribution in [2.75, 3.05) is 20.3 Å². The summed E-state index contributed by atoms with van der Waals surface area (Å²) in [5.74, 6) is 0.958. The van der Waals surface area contributed by atoms with Crippen molar-refractivity contribution in [2.45, 2.75) is 32.0 Å². The SMILES string of the molecule is CN(Cc1ccccc1OC[C@@H]1CCCO1)Cc1cccc2ncccc12. The van der Waals surface area contributed by atoms with Crippen LogP contribution in [0.2, 0.25) is 0 Å². The molecule has 1 fully saturated rings. The molecule has 2 aromatic carbocycles. The summed E-state index contributed by atoms with van der Waals surface area (Å²) in [5, 5.41) is 1.22. The van der Waals surface area contributed by atoms with E-state index in [1.807, 2.05) is 18.3 Å². The topological polar surface area (TPSA) is 34.6 Å². The summed E-state index contributed by atoms with van der Waals surface area (Å²) in [7, 11) is 2.14. The third-order valence-corrected chi connectivity index (χ3v) is 5.04. The average Bonchev–Trinajstić information content (AvgIpc) is 3.21. The van der Waals surface area contributed by atoms with Crippen LogP contribution in [-0.2, 0) is 17.8 Å². The summed E-state index contributed by atoms with van der Waals surface area (Å²) < 4.78 is 11.8. The van der Waals surface area contributed by atoms with E-state index in [-0.39, 0.29) is 6.10 Å². The number of benzene rings is 2. The Morgan fingerprint density at radius 1 is 1.04 bits per heavy atom. The fraction of sp³-hybridized carbons (Fsp3) is 0.348. The molecule has 0 amide bonds. The van der Waals surface area contributed by atoms with Gasteiger partial charge >= 0.3 is 0 Å². The summed E-state index contributed by atoms with van der Waals surface area (Å²) in [4.78, 5) is 6.77. The van der Waals surface area contributed by atoms with Crippen LogP contribution in [0.3, 0.4) is 0 Å². The van der Waals surface area contributed by atoms with Gasteiger partial charge in [-0.1, -0.05) is 36.4 Å². The van der Waals surface area contributed by atoms with E-state index in [1.165, 1.54) is 16.5 Å². The molecular formula is C23H26N2O2. The molecule has 1 aliphatic rings. The van der Waals surface area contributed by atoms with Crippen LogP contribution in [0.4, 0.5) is 0 Å². The molecule has 0 spiro atoms. The average molecular weight is 362 g/mol. The molecule has 3 aromatic rings. The smallest absolute Gasteiger partial charge is 0.123 e. The summed E-state index contributed by atoms with van der Waals surface area (Å²) >= 11 is 0. The third kappa shape index (κ3) is 4.46. The highest BCUT2D eigenvalue weighted by molar-refractivity contribution is 5.81. The predicted octanol–water partition coefficient (Wildman–Crippen LogP) is 4.42. The Labute approximate surface area is 160 Å². The molecule has 4 rings (SSSR count). The van der Waals surface area contributed by atoms with Crippen molar-refractivity contribution in [3.8, 4) is 5.75 Å². The predicted molar refractivity (Wildman–Crippen MR) is 108 cm³/mol. The number of hydrogen-bond donors (Lipinski definition) is 0. The lowest BCUT2D eigenvalue weighted by molar-refractivity contribution is 0.0673. The maximum Gasteiger partial charge on any atom is 0.123 e. The molecular weight excluding hydrogens is 336 g/mol. The Balaban J connectivity index is 1.44. The van der Waals surface area contributed by atoms with E-state index in [2.05, 4.69) is 59.4 Å². The zero-order chi connectivity index (χ0) is 18.5. The lowest BCUT2D eigenvalue weighted by atomic mass is 10.1. The van der Waals surface area contributed by atoms with Crippen LogP contribution >= 0.6 is 0 Å². The highest BCUT2D eigenvalue weighted by Crippen LogP contribution is 2.23. The van der Waals surface area contributed by atoms with E-state index in [9.17, 15) is 0 Å². The van der Waals surface area contributed by atoms with Gasteiger partial charge in [0.05, 0.1) is 11.6 Å². The van der Waals surface area contributed by atoms with Crippen molar-refractivity contribution in [3.05, 3.63) is 71.9 Å². The van der Waals surface area contributed by atoms with Crippen LogP contribution in [0.1, 0.15) is 24.0 Å². The van der Waals surface area contributed by atoms with Gasteiger partial charge in [-0.2, -0.15) is 0 Å². The van der Waals surface area contributed by atoms with Gasteiger partial charge in [0, 0.05) is 36.8 Å². The van der Waals surface area contributed by atoms with E-state index >= 15 is 0 Å². The standard InChI is InChI=1S/C23H26N2O2/c1-25(15-18-8-4-11-22-21(18)10-5-13-24-22)16-19-7-2-3-12-23(19)27-17-20-9-6-14-26-20/h2-5,7-8,10-13,20H,6,9,14-17H2,1H3/t20-/m0/s1. The summed E-state index contributed by atoms with van der Waals surface area (Å²) in [6.07, 6.45) is 4.31. The Bertz CT molecular complexity index is 885. The van der Waals surface area contributed by atoms with Gasteiger partial charge in [-0.05, 0) is 43.7 Å². The largest absolute Gasteiger partial charge is 0.491 e. The molecule has 0 bridgehead atoms. The summed E-state index contributed by atoms with van der Waals surface area (Å²) in [5.41, 5.74) is 3.54. The van der Waals surface area contributed by atoms with E-state index < -0.39 is 0 Å². The van der Waals surface area contributed by atoms with Gasteiger partial charge in [-0.25, -0.2) is 0 Å². The van der Waals surface area contributed by atoms with Crippen molar-refractivity contribution in [3.63, 3.8) is 0 Å². The molecule has 0 N–H and O–H groups in total. The molecule has 1 aliphatic heterocycles. The van der Waals surface area contributed by atoms with Gasteiger partial charge in [0.2, 0.25) is 0 Å². The van der Waals surface area contributed by atoms with Crippen LogP contribution in [0.25, 0.3) is 10.9 Å². The normalized spacial score (nSPS) is 16.9. The number of ether oxygens (including phenoxy) is 2. The number of aromatic nitrogens is 1. The van der Waals surface area contributed by atoms with Gasteiger partial charge in [-0.15, -0.1) is 0 Å². The van der Waals surface area contributed by atoms with Crippen LogP contribution in [-0.4, -0.2) is 36.2 Å². The zero-order valence-corrected chi connectivity index (χ0v) is 15.8. The quantitative estimate of drug-likeness (QED) is 0.623. The summed E-state index contributed by atoms with van der Waals surface area (Å²) in [6.45, 7) is 3.19. The fourth-order valence-electron chi connectivity index (χ4n) is 3.68. The van der Waals surface area contributed by atoms with Crippen LogP contribution in [0.15, 0.2) is 60.8 Å². The van der Waals surface area contributed by atoms with Crippen molar-refractivity contribution < 1.29 is 9.47 Å². The maximum atomic E-state index is 6.08. The second-order valence-electron chi connectivity index (χ2n) is 7.21. The molecule has 27 heavy (non-hydrogen) atoms. The number of nitrogens with zero attached hydrogens (tertiary/aromatic N) is 2. The maximum absolute atomic E-state index is 6.08. The highest BCUT2D eigenvalue weighted by atomic mass is 16.5. The van der Waals surface area contributed by atoms with Crippen LogP contribution < -0.4 is 4.74 Å². The number of rotatable bonds is 7. The molecule has 4 heteroatoms. The van der Waals surface area contributed by atoms with E-state index in [0.29, 0.717) is 6.61 Å². The Morgan fingerprint density at radius 2 is 1.89 bits per heavy atom. The minimum atomic E-state index is 0.235. The van der Waals surface area contributed by atoms with Crippen molar-refractivity contribution in [2.24, 2.45) is 0 Å². The highest BCUT2D eigenvalue weighted by Gasteiger charge is 2.17. The molecule has 0 radical (unpaired) electrons. The number of pyridine rings is 1. The molecule has 4 nitrogen and oxygen atoms in total. The van der Waals surface area contributed by atoms with Gasteiger partial charge in [-0.3, -0.25) is 9.88 Å².